The summed E-state index contributed by atoms with van der Waals surface area (Å²) in [5, 5.41) is 9.07. The Morgan fingerprint density at radius 3 is 2.29 bits per heavy atom. The molecular formula is C24H29NO3. The van der Waals surface area contributed by atoms with E-state index in [1.165, 1.54) is 29.5 Å². The maximum absolute atomic E-state index is 11.0. The third-order valence-electron chi connectivity index (χ3n) is 6.55. The van der Waals surface area contributed by atoms with Crippen LogP contribution >= 0.6 is 0 Å². The Labute approximate surface area is 167 Å². The second-order valence-electron chi connectivity index (χ2n) is 9.43. The Morgan fingerprint density at radius 1 is 1.00 bits per heavy atom. The second-order valence-corrected chi connectivity index (χ2v) is 9.43. The van der Waals surface area contributed by atoms with Crippen LogP contribution < -0.4 is 4.90 Å². The van der Waals surface area contributed by atoms with Crippen molar-refractivity contribution in [3.05, 3.63) is 64.7 Å². The summed E-state index contributed by atoms with van der Waals surface area (Å²) in [7, 11) is 0. The van der Waals surface area contributed by atoms with Gasteiger partial charge in [0.25, 0.3) is 0 Å². The van der Waals surface area contributed by atoms with E-state index in [9.17, 15) is 4.79 Å². The molecule has 148 valence electrons. The molecule has 1 N–H and O–H groups in total. The van der Waals surface area contributed by atoms with Crippen molar-refractivity contribution in [1.29, 1.82) is 0 Å². The quantitative estimate of drug-likeness (QED) is 0.789. The van der Waals surface area contributed by atoms with E-state index < -0.39 is 5.97 Å². The number of carboxylic acids is 1. The molecule has 0 radical (unpaired) electrons. The highest BCUT2D eigenvalue weighted by Crippen LogP contribution is 2.46. The van der Waals surface area contributed by atoms with E-state index in [1.807, 2.05) is 12.1 Å². The highest BCUT2D eigenvalue weighted by molar-refractivity contribution is 5.88. The second kappa shape index (κ2) is 6.63. The summed E-state index contributed by atoms with van der Waals surface area (Å²) in [5.74, 6) is -0.901. The predicted molar refractivity (Wildman–Crippen MR) is 111 cm³/mol. The molecule has 0 saturated carbocycles. The topological polar surface area (TPSA) is 49.8 Å². The predicted octanol–water partition coefficient (Wildman–Crippen LogP) is 5.27. The molecule has 1 heterocycles. The average molecular weight is 380 g/mol. The first kappa shape index (κ1) is 19.0. The van der Waals surface area contributed by atoms with Crippen molar-refractivity contribution in [2.45, 2.75) is 57.5 Å². The van der Waals surface area contributed by atoms with Crippen LogP contribution in [0.5, 0.6) is 0 Å². The maximum Gasteiger partial charge on any atom is 0.335 e. The Balaban J connectivity index is 1.57. The zero-order valence-corrected chi connectivity index (χ0v) is 17.2. The van der Waals surface area contributed by atoms with E-state index in [-0.39, 0.29) is 16.9 Å². The first-order chi connectivity index (χ1) is 13.2. The van der Waals surface area contributed by atoms with Gasteiger partial charge in [0.15, 0.2) is 0 Å². The Bertz CT molecular complexity index is 899. The zero-order chi connectivity index (χ0) is 20.1. The van der Waals surface area contributed by atoms with Crippen molar-refractivity contribution in [3.8, 4) is 0 Å². The molecule has 1 fully saturated rings. The molecule has 1 unspecified atom stereocenters. The first-order valence-corrected chi connectivity index (χ1v) is 10.0. The number of nitrogens with zero attached hydrogens (tertiary/aromatic N) is 1. The molecule has 0 amide bonds. The molecule has 4 heteroatoms. The van der Waals surface area contributed by atoms with Crippen LogP contribution in [0.25, 0.3) is 0 Å². The number of hydrogen-bond donors (Lipinski definition) is 1. The minimum atomic E-state index is -0.901. The summed E-state index contributed by atoms with van der Waals surface area (Å²) in [6.45, 7) is 10.7. The van der Waals surface area contributed by atoms with Crippen LogP contribution in [-0.2, 0) is 15.6 Å². The van der Waals surface area contributed by atoms with E-state index in [4.69, 9.17) is 9.84 Å². The van der Waals surface area contributed by atoms with Crippen molar-refractivity contribution in [2.75, 3.05) is 18.2 Å². The van der Waals surface area contributed by atoms with Gasteiger partial charge in [-0.15, -0.1) is 0 Å². The molecular weight excluding hydrogens is 350 g/mol. The van der Waals surface area contributed by atoms with E-state index >= 15 is 0 Å². The largest absolute Gasteiger partial charge is 0.478 e. The normalized spacial score (nSPS) is 22.7. The smallest absolute Gasteiger partial charge is 0.335 e. The number of hydrogen-bond acceptors (Lipinski definition) is 3. The Hall–Kier alpha value is -2.33. The lowest BCUT2D eigenvalue weighted by Gasteiger charge is -2.42. The summed E-state index contributed by atoms with van der Waals surface area (Å²) in [6.07, 6.45) is 2.45. The molecule has 0 bridgehead atoms. The molecule has 28 heavy (non-hydrogen) atoms. The highest BCUT2D eigenvalue weighted by Gasteiger charge is 2.37. The molecule has 1 aliphatic carbocycles. The van der Waals surface area contributed by atoms with Crippen LogP contribution in [-0.4, -0.2) is 24.4 Å². The van der Waals surface area contributed by atoms with Crippen LogP contribution in [0, 0.1) is 0 Å². The van der Waals surface area contributed by atoms with Crippen molar-refractivity contribution >= 4 is 11.7 Å². The van der Waals surface area contributed by atoms with Gasteiger partial charge < -0.3 is 14.7 Å². The number of ether oxygens (including phenoxy) is 1. The summed E-state index contributed by atoms with van der Waals surface area (Å²) in [5.41, 5.74) is 5.85. The molecule has 1 atom stereocenters. The minimum absolute atomic E-state index is 0.0327. The SMILES string of the molecule is CC1(C)CCC(C)(C)c2cc(C3CN(c4ccc(C(=O)O)cc4)CO3)ccc21. The first-order valence-electron chi connectivity index (χ1n) is 10.0. The lowest BCUT2D eigenvalue weighted by molar-refractivity contribution is 0.0697. The van der Waals surface area contributed by atoms with Gasteiger partial charge in [-0.25, -0.2) is 4.79 Å². The van der Waals surface area contributed by atoms with Gasteiger partial charge in [-0.2, -0.15) is 0 Å². The van der Waals surface area contributed by atoms with Crippen molar-refractivity contribution in [3.63, 3.8) is 0 Å². The molecule has 0 spiro atoms. The lowest BCUT2D eigenvalue weighted by atomic mass is 9.63. The molecule has 4 nitrogen and oxygen atoms in total. The number of carbonyl (C=O) groups is 1. The fourth-order valence-corrected chi connectivity index (χ4v) is 4.49. The standard InChI is InChI=1S/C24H29NO3/c1-23(2)11-12-24(3,4)20-13-17(7-10-19(20)23)21-14-25(15-28-21)18-8-5-16(6-9-18)22(26)27/h5-10,13,21H,11-12,14-15H2,1-4H3,(H,26,27). The van der Waals surface area contributed by atoms with Gasteiger partial charge in [0.05, 0.1) is 12.1 Å². The van der Waals surface area contributed by atoms with Gasteiger partial charge in [0.2, 0.25) is 0 Å². The summed E-state index contributed by atoms with van der Waals surface area (Å²) < 4.78 is 6.10. The van der Waals surface area contributed by atoms with Crippen LogP contribution in [0.4, 0.5) is 5.69 Å². The number of fused-ring (bicyclic) bond motifs is 1. The van der Waals surface area contributed by atoms with Crippen molar-refractivity contribution < 1.29 is 14.6 Å². The van der Waals surface area contributed by atoms with E-state index in [0.29, 0.717) is 12.3 Å². The van der Waals surface area contributed by atoms with Crippen LogP contribution in [0.1, 0.15) is 73.7 Å². The Kier molecular flexibility index (Phi) is 4.50. The van der Waals surface area contributed by atoms with Crippen molar-refractivity contribution in [1.82, 2.24) is 0 Å². The molecule has 2 aliphatic rings. The van der Waals surface area contributed by atoms with Crippen LogP contribution in [0.2, 0.25) is 0 Å². The molecule has 4 rings (SSSR count). The van der Waals surface area contributed by atoms with Crippen LogP contribution in [0.3, 0.4) is 0 Å². The van der Waals surface area contributed by atoms with Gasteiger partial charge >= 0.3 is 5.97 Å². The third kappa shape index (κ3) is 3.30. The fraction of sp³-hybridized carbons (Fsp3) is 0.458. The summed E-state index contributed by atoms with van der Waals surface area (Å²) in [4.78, 5) is 13.2. The number of carboxylic acid groups (broad SMARTS) is 1. The lowest BCUT2D eigenvalue weighted by Crippen LogP contribution is -2.34. The molecule has 1 saturated heterocycles. The fourth-order valence-electron chi connectivity index (χ4n) is 4.49. The zero-order valence-electron chi connectivity index (χ0n) is 17.2. The van der Waals surface area contributed by atoms with Gasteiger partial charge in [0.1, 0.15) is 12.8 Å². The van der Waals surface area contributed by atoms with E-state index in [1.54, 1.807) is 12.1 Å². The van der Waals surface area contributed by atoms with E-state index in [2.05, 4.69) is 50.8 Å². The number of rotatable bonds is 3. The van der Waals surface area contributed by atoms with Crippen molar-refractivity contribution in [2.24, 2.45) is 0 Å². The number of benzene rings is 2. The highest BCUT2D eigenvalue weighted by atomic mass is 16.5. The number of aromatic carboxylic acids is 1. The molecule has 2 aromatic carbocycles. The number of anilines is 1. The van der Waals surface area contributed by atoms with Gasteiger partial charge in [-0.1, -0.05) is 45.9 Å². The average Bonchev–Trinajstić information content (AvgIpc) is 3.15. The van der Waals surface area contributed by atoms with E-state index in [0.717, 1.165) is 12.2 Å². The van der Waals surface area contributed by atoms with Gasteiger partial charge in [-0.3, -0.25) is 0 Å². The maximum atomic E-state index is 11.0. The van der Waals surface area contributed by atoms with Gasteiger partial charge in [0, 0.05) is 5.69 Å². The summed E-state index contributed by atoms with van der Waals surface area (Å²) in [6, 6.07) is 13.9. The molecule has 0 aromatic heterocycles. The molecule has 2 aromatic rings. The monoisotopic (exact) mass is 379 g/mol. The minimum Gasteiger partial charge on any atom is -0.478 e. The summed E-state index contributed by atoms with van der Waals surface area (Å²) >= 11 is 0. The molecule has 1 aliphatic heterocycles. The van der Waals surface area contributed by atoms with Gasteiger partial charge in [-0.05, 0) is 64.6 Å². The van der Waals surface area contributed by atoms with Crippen LogP contribution in [0.15, 0.2) is 42.5 Å². The third-order valence-corrected chi connectivity index (χ3v) is 6.55. The Morgan fingerprint density at radius 2 is 1.64 bits per heavy atom.